The minimum atomic E-state index is -3.30. The second-order valence-corrected chi connectivity index (χ2v) is 9.18. The number of guanidine groups is 1. The molecule has 0 unspecified atom stereocenters. The molecule has 0 aromatic heterocycles. The van der Waals surface area contributed by atoms with Crippen molar-refractivity contribution in [3.8, 4) is 0 Å². The molecule has 0 aliphatic heterocycles. The summed E-state index contributed by atoms with van der Waals surface area (Å²) in [6.45, 7) is 8.49. The molecule has 0 heterocycles. The zero-order valence-electron chi connectivity index (χ0n) is 16.2. The first kappa shape index (κ1) is 25.1. The van der Waals surface area contributed by atoms with E-state index in [4.69, 9.17) is 0 Å². The minimum Gasteiger partial charge on any atom is -0.356 e. The molecule has 0 spiro atoms. The van der Waals surface area contributed by atoms with Crippen molar-refractivity contribution in [2.45, 2.75) is 38.6 Å². The highest BCUT2D eigenvalue weighted by atomic mass is 127. The van der Waals surface area contributed by atoms with E-state index in [1.54, 1.807) is 27.0 Å². The molecule has 1 rings (SSSR count). The first-order valence-electron chi connectivity index (χ1n) is 8.04. The summed E-state index contributed by atoms with van der Waals surface area (Å²) < 4.78 is 38.8. The summed E-state index contributed by atoms with van der Waals surface area (Å²) in [6.07, 6.45) is 1.13. The lowest BCUT2D eigenvalue weighted by Gasteiger charge is -2.29. The molecule has 6 nitrogen and oxygen atoms in total. The fourth-order valence-electron chi connectivity index (χ4n) is 2.38. The van der Waals surface area contributed by atoms with E-state index in [-0.39, 0.29) is 35.2 Å². The van der Waals surface area contributed by atoms with Crippen LogP contribution < -0.4 is 15.4 Å². The predicted octanol–water partition coefficient (Wildman–Crippen LogP) is 2.21. The fraction of sp³-hybridized carbons (Fsp3) is 0.588. The average molecular weight is 500 g/mol. The highest BCUT2D eigenvalue weighted by Gasteiger charge is 2.24. The van der Waals surface area contributed by atoms with Gasteiger partial charge in [0.25, 0.3) is 0 Å². The van der Waals surface area contributed by atoms with Gasteiger partial charge in [-0.1, -0.05) is 26.0 Å². The van der Waals surface area contributed by atoms with E-state index < -0.39 is 15.6 Å². The third-order valence-electron chi connectivity index (χ3n) is 3.69. The number of benzene rings is 1. The van der Waals surface area contributed by atoms with Crippen molar-refractivity contribution in [3.05, 3.63) is 35.6 Å². The first-order chi connectivity index (χ1) is 11.3. The van der Waals surface area contributed by atoms with Crippen molar-refractivity contribution in [2.24, 2.45) is 4.99 Å². The Morgan fingerprint density at radius 3 is 2.23 bits per heavy atom. The maximum Gasteiger partial charge on any atom is 0.209 e. The summed E-state index contributed by atoms with van der Waals surface area (Å²) in [5.41, 5.74) is -0.0849. The maximum absolute atomic E-state index is 13.4. The molecule has 0 atom stereocenters. The van der Waals surface area contributed by atoms with Gasteiger partial charge in [0.15, 0.2) is 5.96 Å². The lowest BCUT2D eigenvalue weighted by Crippen LogP contribution is -2.53. The smallest absolute Gasteiger partial charge is 0.209 e. The molecule has 9 heteroatoms. The summed E-state index contributed by atoms with van der Waals surface area (Å²) in [6, 6.07) is 6.53. The average Bonchev–Trinajstić information content (AvgIpc) is 2.45. The van der Waals surface area contributed by atoms with Gasteiger partial charge in [0, 0.05) is 31.1 Å². The lowest BCUT2D eigenvalue weighted by atomic mass is 9.84. The van der Waals surface area contributed by atoms with Crippen molar-refractivity contribution in [1.82, 2.24) is 15.4 Å². The van der Waals surface area contributed by atoms with Gasteiger partial charge in [-0.2, -0.15) is 0 Å². The van der Waals surface area contributed by atoms with Crippen LogP contribution in [0, 0.1) is 5.82 Å². The van der Waals surface area contributed by atoms with E-state index in [1.807, 2.05) is 19.9 Å². The van der Waals surface area contributed by atoms with Crippen LogP contribution in [0.5, 0.6) is 0 Å². The second-order valence-electron chi connectivity index (χ2n) is 7.43. The molecule has 0 aliphatic carbocycles. The molecule has 0 bridgehead atoms. The normalized spacial score (nSPS) is 13.1. The van der Waals surface area contributed by atoms with Gasteiger partial charge in [-0.15, -0.1) is 24.0 Å². The Hall–Kier alpha value is -0.940. The van der Waals surface area contributed by atoms with Gasteiger partial charge in [0.2, 0.25) is 10.0 Å². The third-order valence-corrected chi connectivity index (χ3v) is 4.61. The summed E-state index contributed by atoms with van der Waals surface area (Å²) >= 11 is 0. The van der Waals surface area contributed by atoms with Gasteiger partial charge in [0.05, 0.1) is 6.26 Å². The van der Waals surface area contributed by atoms with Crippen molar-refractivity contribution >= 4 is 40.0 Å². The van der Waals surface area contributed by atoms with Crippen LogP contribution in [0.15, 0.2) is 29.3 Å². The van der Waals surface area contributed by atoms with E-state index in [9.17, 15) is 12.8 Å². The Kier molecular flexibility index (Phi) is 9.48. The minimum absolute atomic E-state index is 0. The van der Waals surface area contributed by atoms with Crippen LogP contribution in [0.2, 0.25) is 0 Å². The van der Waals surface area contributed by atoms with Crippen LogP contribution in [0.3, 0.4) is 0 Å². The molecule has 3 N–H and O–H groups in total. The summed E-state index contributed by atoms with van der Waals surface area (Å²) in [5.74, 6) is 0.287. The molecule has 0 fully saturated rings. The largest absolute Gasteiger partial charge is 0.356 e. The Morgan fingerprint density at radius 1 is 1.15 bits per heavy atom. The number of aliphatic imine (C=N–C) groups is 1. The van der Waals surface area contributed by atoms with Crippen molar-refractivity contribution in [3.63, 3.8) is 0 Å². The number of nitrogens with one attached hydrogen (secondary N) is 3. The number of sulfonamides is 1. The van der Waals surface area contributed by atoms with Gasteiger partial charge < -0.3 is 10.6 Å². The van der Waals surface area contributed by atoms with E-state index in [2.05, 4.69) is 20.3 Å². The quantitative estimate of drug-likeness (QED) is 0.305. The van der Waals surface area contributed by atoms with Crippen LogP contribution in [-0.4, -0.2) is 46.3 Å². The van der Waals surface area contributed by atoms with Crippen LogP contribution in [0.1, 0.15) is 33.3 Å². The van der Waals surface area contributed by atoms with Crippen LogP contribution in [0.25, 0.3) is 0 Å². The highest BCUT2D eigenvalue weighted by molar-refractivity contribution is 14.0. The zero-order valence-corrected chi connectivity index (χ0v) is 19.3. The van der Waals surface area contributed by atoms with Gasteiger partial charge >= 0.3 is 0 Å². The fourth-order valence-corrected chi connectivity index (χ4v) is 3.46. The van der Waals surface area contributed by atoms with Crippen molar-refractivity contribution in [1.29, 1.82) is 0 Å². The van der Waals surface area contributed by atoms with Crippen LogP contribution >= 0.6 is 24.0 Å². The number of hydrogen-bond donors (Lipinski definition) is 3. The first-order valence-corrected chi connectivity index (χ1v) is 9.93. The third kappa shape index (κ3) is 9.13. The molecule has 150 valence electrons. The lowest BCUT2D eigenvalue weighted by molar-refractivity contribution is 0.443. The topological polar surface area (TPSA) is 82.6 Å². The number of halogens is 2. The molecular weight excluding hydrogens is 470 g/mol. The molecule has 0 aliphatic rings. The molecule has 0 saturated heterocycles. The Bertz CT molecular complexity index is 721. The second kappa shape index (κ2) is 9.84. The van der Waals surface area contributed by atoms with Crippen molar-refractivity contribution < 1.29 is 12.8 Å². The van der Waals surface area contributed by atoms with E-state index in [0.29, 0.717) is 19.0 Å². The molecule has 1 aromatic rings. The van der Waals surface area contributed by atoms with E-state index >= 15 is 0 Å². The van der Waals surface area contributed by atoms with E-state index in [0.717, 1.165) is 11.8 Å². The number of hydrogen-bond acceptors (Lipinski definition) is 3. The summed E-state index contributed by atoms with van der Waals surface area (Å²) in [4.78, 5) is 4.15. The van der Waals surface area contributed by atoms with Gasteiger partial charge in [-0.3, -0.25) is 4.99 Å². The van der Waals surface area contributed by atoms with Gasteiger partial charge in [-0.05, 0) is 31.5 Å². The molecule has 0 saturated carbocycles. The molecule has 26 heavy (non-hydrogen) atoms. The monoisotopic (exact) mass is 500 g/mol. The van der Waals surface area contributed by atoms with E-state index in [1.165, 1.54) is 12.1 Å². The highest BCUT2D eigenvalue weighted by Crippen LogP contribution is 2.22. The Labute approximate surface area is 173 Å². The van der Waals surface area contributed by atoms with Gasteiger partial charge in [0.1, 0.15) is 5.82 Å². The molecule has 0 radical (unpaired) electrons. The molecule has 1 aromatic carbocycles. The van der Waals surface area contributed by atoms with Crippen molar-refractivity contribution in [2.75, 3.05) is 26.4 Å². The summed E-state index contributed by atoms with van der Waals surface area (Å²) in [5, 5.41) is 6.31. The summed E-state index contributed by atoms with van der Waals surface area (Å²) in [7, 11) is -1.66. The van der Waals surface area contributed by atoms with Crippen LogP contribution in [-0.2, 0) is 15.4 Å². The predicted molar refractivity (Wildman–Crippen MR) is 116 cm³/mol. The maximum atomic E-state index is 13.4. The SMILES string of the molecule is CN=C(NCC(C)(C)NS(C)(=O)=O)NCC(C)(C)c1cccc(F)c1.I. The molecule has 0 amide bonds. The Morgan fingerprint density at radius 2 is 1.73 bits per heavy atom. The number of rotatable bonds is 7. The Balaban J connectivity index is 0.00000625. The van der Waals surface area contributed by atoms with Gasteiger partial charge in [-0.25, -0.2) is 17.5 Å². The number of nitrogens with zero attached hydrogens (tertiary/aromatic N) is 1. The molecular formula is C17H30FIN4O2S. The standard InChI is InChI=1S/C17H29FN4O2S.HI/c1-16(2,13-8-7-9-14(18)10-13)11-20-15(19-5)21-12-17(3,4)22-25(6,23)24;/h7-10,22H,11-12H2,1-6H3,(H2,19,20,21);1H. The zero-order chi connectivity index (χ0) is 19.3. The van der Waals surface area contributed by atoms with Crippen LogP contribution in [0.4, 0.5) is 4.39 Å².